The minimum atomic E-state index is -0.115. The van der Waals surface area contributed by atoms with Crippen molar-refractivity contribution in [1.29, 1.82) is 0 Å². The highest BCUT2D eigenvalue weighted by Gasteiger charge is 2.04. The van der Waals surface area contributed by atoms with Crippen molar-refractivity contribution in [3.63, 3.8) is 0 Å². The first-order valence-electron chi connectivity index (χ1n) is 2.84. The molecule has 1 aromatic rings. The summed E-state index contributed by atoms with van der Waals surface area (Å²) in [6.45, 7) is 0. The van der Waals surface area contributed by atoms with Crippen LogP contribution in [0.25, 0.3) is 0 Å². The molecule has 0 aliphatic heterocycles. The molecule has 0 atom stereocenters. The van der Waals surface area contributed by atoms with Gasteiger partial charge in [0.15, 0.2) is 0 Å². The van der Waals surface area contributed by atoms with Gasteiger partial charge in [-0.1, -0.05) is 15.9 Å². The molecule has 0 fully saturated rings. The maximum absolute atomic E-state index is 13.0. The summed E-state index contributed by atoms with van der Waals surface area (Å²) in [5.74, 6) is -0.115. The molecule has 0 unspecified atom stereocenters. The zero-order chi connectivity index (χ0) is 8.43. The monoisotopic (exact) mass is 440 g/mol. The topological polar surface area (TPSA) is 0 Å². The summed E-state index contributed by atoms with van der Waals surface area (Å²) in [6.07, 6.45) is 0. The Morgan fingerprint density at radius 2 is 1.73 bits per heavy atom. The van der Waals surface area contributed by atoms with Gasteiger partial charge in [-0.2, -0.15) is 0 Å². The Kier molecular flexibility index (Phi) is 4.03. The molecule has 0 nitrogen and oxygen atoms in total. The largest absolute Gasteiger partial charge is 0.205 e. The number of alkyl halides is 1. The van der Waals surface area contributed by atoms with E-state index < -0.39 is 0 Å². The summed E-state index contributed by atoms with van der Waals surface area (Å²) in [6, 6.07) is 3.68. The highest BCUT2D eigenvalue weighted by atomic mass is 127. The lowest BCUT2D eigenvalue weighted by Gasteiger charge is -2.00. The number of halogens is 4. The summed E-state index contributed by atoms with van der Waals surface area (Å²) >= 11 is 7.32. The van der Waals surface area contributed by atoms with E-state index in [1.807, 2.05) is 57.3 Å². The third kappa shape index (κ3) is 2.51. The van der Waals surface area contributed by atoms with Gasteiger partial charge in [0.05, 0.1) is 7.14 Å². The predicted octanol–water partition coefficient (Wildman–Crippen LogP) is 3.93. The van der Waals surface area contributed by atoms with Gasteiger partial charge in [0.2, 0.25) is 0 Å². The van der Waals surface area contributed by atoms with E-state index in [4.69, 9.17) is 0 Å². The van der Waals surface area contributed by atoms with Crippen LogP contribution in [0.3, 0.4) is 0 Å². The van der Waals surface area contributed by atoms with Crippen molar-refractivity contribution in [3.05, 3.63) is 30.7 Å². The van der Waals surface area contributed by atoms with Gasteiger partial charge in [0, 0.05) is 5.33 Å². The van der Waals surface area contributed by atoms with Crippen LogP contribution < -0.4 is 0 Å². The van der Waals surface area contributed by atoms with E-state index in [-0.39, 0.29) is 5.82 Å². The van der Waals surface area contributed by atoms with Crippen LogP contribution in [0.4, 0.5) is 4.39 Å². The fourth-order valence-corrected chi connectivity index (χ4v) is 2.91. The normalized spacial score (nSPS) is 10.2. The van der Waals surface area contributed by atoms with Crippen LogP contribution in [0.15, 0.2) is 12.1 Å². The lowest BCUT2D eigenvalue weighted by Crippen LogP contribution is -1.89. The third-order valence-corrected chi connectivity index (χ3v) is 3.42. The molecule has 0 saturated carbocycles. The van der Waals surface area contributed by atoms with Gasteiger partial charge in [-0.25, -0.2) is 4.39 Å². The van der Waals surface area contributed by atoms with Crippen molar-refractivity contribution in [2.45, 2.75) is 5.33 Å². The molecule has 0 bridgehead atoms. The Morgan fingerprint density at radius 1 is 1.27 bits per heavy atom. The Hall–Kier alpha value is 1.09. The molecular weight excluding hydrogens is 437 g/mol. The van der Waals surface area contributed by atoms with Gasteiger partial charge >= 0.3 is 0 Å². The number of hydrogen-bond acceptors (Lipinski definition) is 0. The Bertz CT molecular complexity index is 252. The Labute approximate surface area is 100 Å². The molecule has 1 rings (SSSR count). The van der Waals surface area contributed by atoms with Crippen LogP contribution in [0, 0.1) is 13.0 Å². The highest BCUT2D eigenvalue weighted by molar-refractivity contribution is 14.1. The summed E-state index contributed by atoms with van der Waals surface area (Å²) in [5.41, 5.74) is 1.11. The van der Waals surface area contributed by atoms with Crippen molar-refractivity contribution in [3.8, 4) is 0 Å². The van der Waals surface area contributed by atoms with Gasteiger partial charge in [-0.3, -0.25) is 0 Å². The van der Waals surface area contributed by atoms with Crippen molar-refractivity contribution in [2.75, 3.05) is 0 Å². The Morgan fingerprint density at radius 3 is 2.09 bits per heavy atom. The van der Waals surface area contributed by atoms with E-state index in [1.54, 1.807) is 0 Å². The maximum atomic E-state index is 13.0. The molecular formula is C7H4BrFI2. The maximum Gasteiger partial charge on any atom is 0.149 e. The van der Waals surface area contributed by atoms with E-state index >= 15 is 0 Å². The summed E-state index contributed by atoms with van der Waals surface area (Å²) < 4.78 is 14.4. The molecule has 0 aliphatic carbocycles. The first-order valence-corrected chi connectivity index (χ1v) is 6.12. The predicted molar refractivity (Wildman–Crippen MR) is 64.5 cm³/mol. The first kappa shape index (κ1) is 10.2. The minimum absolute atomic E-state index is 0.115. The quantitative estimate of drug-likeness (QED) is 0.353. The van der Waals surface area contributed by atoms with Crippen molar-refractivity contribution < 1.29 is 4.39 Å². The summed E-state index contributed by atoms with van der Waals surface area (Å²) in [5, 5.41) is 0.777. The number of rotatable bonds is 1. The van der Waals surface area contributed by atoms with Gasteiger partial charge in [0.1, 0.15) is 5.82 Å². The molecule has 60 valence electrons. The van der Waals surface area contributed by atoms with Crippen LogP contribution in [0.5, 0.6) is 0 Å². The molecule has 0 heterocycles. The van der Waals surface area contributed by atoms with Gasteiger partial charge in [-0.05, 0) is 62.9 Å². The van der Waals surface area contributed by atoms with Crippen molar-refractivity contribution >= 4 is 61.1 Å². The van der Waals surface area contributed by atoms with Crippen LogP contribution >= 0.6 is 61.1 Å². The van der Waals surface area contributed by atoms with Crippen molar-refractivity contribution in [1.82, 2.24) is 0 Å². The smallest absolute Gasteiger partial charge is 0.149 e. The lowest BCUT2D eigenvalue weighted by atomic mass is 10.2. The fraction of sp³-hybridized carbons (Fsp3) is 0.143. The molecule has 0 saturated heterocycles. The van der Waals surface area contributed by atoms with E-state index in [2.05, 4.69) is 15.9 Å². The number of benzene rings is 1. The standard InChI is InChI=1S/C7H4BrFI2/c8-3-4-1-5(10)7(9)6(11)2-4/h1-2H,3H2. The highest BCUT2D eigenvalue weighted by Crippen LogP contribution is 2.20. The van der Waals surface area contributed by atoms with Gasteiger partial charge in [-0.15, -0.1) is 0 Å². The number of hydrogen-bond donors (Lipinski definition) is 0. The second-order valence-electron chi connectivity index (χ2n) is 2.01. The second-order valence-corrected chi connectivity index (χ2v) is 4.89. The van der Waals surface area contributed by atoms with Crippen LogP contribution in [0.2, 0.25) is 0 Å². The summed E-state index contributed by atoms with van der Waals surface area (Å²) in [7, 11) is 0. The van der Waals surface area contributed by atoms with Crippen LogP contribution in [-0.4, -0.2) is 0 Å². The first-order chi connectivity index (χ1) is 5.15. The molecule has 11 heavy (non-hydrogen) atoms. The average Bonchev–Trinajstić information content (AvgIpc) is 1.99. The van der Waals surface area contributed by atoms with Crippen LogP contribution in [-0.2, 0) is 5.33 Å². The minimum Gasteiger partial charge on any atom is -0.205 e. The second kappa shape index (κ2) is 4.36. The molecule has 4 heteroatoms. The van der Waals surface area contributed by atoms with Crippen molar-refractivity contribution in [2.24, 2.45) is 0 Å². The summed E-state index contributed by atoms with van der Waals surface area (Å²) in [4.78, 5) is 0. The Balaban J connectivity index is 3.21. The van der Waals surface area contributed by atoms with E-state index in [0.717, 1.165) is 10.9 Å². The van der Waals surface area contributed by atoms with E-state index in [9.17, 15) is 4.39 Å². The SMILES string of the molecule is Fc1c(I)cc(CBr)cc1I. The molecule has 0 radical (unpaired) electrons. The molecule has 1 aromatic carbocycles. The molecule has 0 aliphatic rings. The van der Waals surface area contributed by atoms with E-state index in [0.29, 0.717) is 7.14 Å². The molecule has 0 N–H and O–H groups in total. The van der Waals surface area contributed by atoms with Gasteiger partial charge < -0.3 is 0 Å². The van der Waals surface area contributed by atoms with Gasteiger partial charge in [0.25, 0.3) is 0 Å². The molecule has 0 aromatic heterocycles. The van der Waals surface area contributed by atoms with E-state index in [1.165, 1.54) is 0 Å². The van der Waals surface area contributed by atoms with Crippen LogP contribution in [0.1, 0.15) is 5.56 Å². The lowest BCUT2D eigenvalue weighted by molar-refractivity contribution is 0.612. The average molecular weight is 441 g/mol. The zero-order valence-electron chi connectivity index (χ0n) is 5.37. The third-order valence-electron chi connectivity index (χ3n) is 1.20. The fourth-order valence-electron chi connectivity index (χ4n) is 0.685. The molecule has 0 spiro atoms. The molecule has 0 amide bonds. The zero-order valence-corrected chi connectivity index (χ0v) is 11.3.